The maximum absolute atomic E-state index is 13.2. The molecule has 0 spiro atoms. The van der Waals surface area contributed by atoms with Crippen molar-refractivity contribution in [1.29, 1.82) is 0 Å². The topological polar surface area (TPSA) is 87.0 Å². The minimum absolute atomic E-state index is 0.00212. The SMILES string of the molecule is CC(=O)N1CCN(c2ccc(C(=O)N(Cc3ccccc3)C(C)C)cc2[N+](=O)[O-])CC1. The Bertz CT molecular complexity index is 953. The van der Waals surface area contributed by atoms with E-state index >= 15 is 0 Å². The lowest BCUT2D eigenvalue weighted by molar-refractivity contribution is -0.384. The number of rotatable bonds is 6. The van der Waals surface area contributed by atoms with Crippen molar-refractivity contribution in [1.82, 2.24) is 9.80 Å². The van der Waals surface area contributed by atoms with Gasteiger partial charge in [0.25, 0.3) is 11.6 Å². The Morgan fingerprint density at radius 3 is 2.26 bits per heavy atom. The average molecular weight is 425 g/mol. The zero-order valence-corrected chi connectivity index (χ0v) is 18.2. The molecule has 1 saturated heterocycles. The van der Waals surface area contributed by atoms with Crippen LogP contribution in [0.2, 0.25) is 0 Å². The van der Waals surface area contributed by atoms with E-state index in [4.69, 9.17) is 0 Å². The van der Waals surface area contributed by atoms with Gasteiger partial charge in [-0.05, 0) is 31.5 Å². The monoisotopic (exact) mass is 424 g/mol. The fourth-order valence-electron chi connectivity index (χ4n) is 3.77. The number of nitrogens with zero attached hydrogens (tertiary/aromatic N) is 4. The van der Waals surface area contributed by atoms with Crippen LogP contribution in [0.15, 0.2) is 48.5 Å². The van der Waals surface area contributed by atoms with Gasteiger partial charge in [0.15, 0.2) is 0 Å². The molecule has 0 atom stereocenters. The first kappa shape index (κ1) is 22.3. The molecular formula is C23H28N4O4. The molecule has 8 nitrogen and oxygen atoms in total. The highest BCUT2D eigenvalue weighted by Crippen LogP contribution is 2.31. The molecular weight excluding hydrogens is 396 g/mol. The van der Waals surface area contributed by atoms with Gasteiger partial charge in [0.2, 0.25) is 5.91 Å². The molecule has 1 aliphatic heterocycles. The normalized spacial score (nSPS) is 13.9. The molecule has 0 N–H and O–H groups in total. The van der Waals surface area contributed by atoms with Gasteiger partial charge in [0, 0.05) is 57.3 Å². The van der Waals surface area contributed by atoms with E-state index in [1.807, 2.05) is 49.1 Å². The number of carbonyl (C=O) groups is 2. The van der Waals surface area contributed by atoms with Crippen molar-refractivity contribution in [3.05, 3.63) is 69.8 Å². The van der Waals surface area contributed by atoms with Gasteiger partial charge in [-0.15, -0.1) is 0 Å². The Hall–Kier alpha value is -3.42. The number of piperazine rings is 1. The van der Waals surface area contributed by atoms with Crippen molar-refractivity contribution in [2.45, 2.75) is 33.4 Å². The van der Waals surface area contributed by atoms with Crippen molar-refractivity contribution >= 4 is 23.2 Å². The summed E-state index contributed by atoms with van der Waals surface area (Å²) in [5.41, 5.74) is 1.68. The lowest BCUT2D eigenvalue weighted by atomic mass is 10.1. The lowest BCUT2D eigenvalue weighted by Crippen LogP contribution is -2.48. The molecule has 2 amide bonds. The average Bonchev–Trinajstić information content (AvgIpc) is 2.77. The lowest BCUT2D eigenvalue weighted by Gasteiger charge is -2.35. The van der Waals surface area contributed by atoms with Crippen LogP contribution in [0.5, 0.6) is 0 Å². The van der Waals surface area contributed by atoms with Gasteiger partial charge in [-0.1, -0.05) is 30.3 Å². The molecule has 2 aromatic rings. The maximum atomic E-state index is 13.2. The van der Waals surface area contributed by atoms with E-state index in [-0.39, 0.29) is 23.5 Å². The second-order valence-corrected chi connectivity index (χ2v) is 7.97. The fraction of sp³-hybridized carbons (Fsp3) is 0.391. The van der Waals surface area contributed by atoms with Crippen LogP contribution in [0.3, 0.4) is 0 Å². The van der Waals surface area contributed by atoms with E-state index in [1.165, 1.54) is 13.0 Å². The molecule has 3 rings (SSSR count). The first-order valence-electron chi connectivity index (χ1n) is 10.4. The Morgan fingerprint density at radius 1 is 1.06 bits per heavy atom. The van der Waals surface area contributed by atoms with Crippen LogP contribution in [0, 0.1) is 10.1 Å². The summed E-state index contributed by atoms with van der Waals surface area (Å²) in [4.78, 5) is 41.4. The van der Waals surface area contributed by atoms with Crippen molar-refractivity contribution in [3.63, 3.8) is 0 Å². The molecule has 0 saturated carbocycles. The number of anilines is 1. The first-order valence-corrected chi connectivity index (χ1v) is 10.4. The van der Waals surface area contributed by atoms with Crippen molar-refractivity contribution in [3.8, 4) is 0 Å². The van der Waals surface area contributed by atoms with E-state index in [0.29, 0.717) is 44.0 Å². The smallest absolute Gasteiger partial charge is 0.293 e. The largest absolute Gasteiger partial charge is 0.362 e. The van der Waals surface area contributed by atoms with Crippen LogP contribution in [0.25, 0.3) is 0 Å². The molecule has 8 heteroatoms. The molecule has 0 radical (unpaired) electrons. The highest BCUT2D eigenvalue weighted by Gasteiger charge is 2.27. The van der Waals surface area contributed by atoms with Gasteiger partial charge in [-0.3, -0.25) is 19.7 Å². The summed E-state index contributed by atoms with van der Waals surface area (Å²) in [5, 5.41) is 11.8. The first-order chi connectivity index (χ1) is 14.8. The minimum atomic E-state index is -0.444. The van der Waals surface area contributed by atoms with Gasteiger partial charge >= 0.3 is 0 Å². The van der Waals surface area contributed by atoms with E-state index < -0.39 is 4.92 Å². The zero-order valence-electron chi connectivity index (χ0n) is 18.2. The van der Waals surface area contributed by atoms with Crippen LogP contribution in [-0.4, -0.2) is 58.8 Å². The Morgan fingerprint density at radius 2 is 1.71 bits per heavy atom. The number of hydrogen-bond donors (Lipinski definition) is 0. The zero-order chi connectivity index (χ0) is 22.5. The maximum Gasteiger partial charge on any atom is 0.293 e. The van der Waals surface area contributed by atoms with Crippen LogP contribution < -0.4 is 4.90 Å². The summed E-state index contributed by atoms with van der Waals surface area (Å²) < 4.78 is 0. The summed E-state index contributed by atoms with van der Waals surface area (Å²) in [5.74, 6) is -0.239. The minimum Gasteiger partial charge on any atom is -0.362 e. The van der Waals surface area contributed by atoms with Gasteiger partial charge in [0.1, 0.15) is 5.69 Å². The number of carbonyl (C=O) groups excluding carboxylic acids is 2. The summed E-state index contributed by atoms with van der Waals surface area (Å²) in [6.07, 6.45) is 0. The van der Waals surface area contributed by atoms with Crippen molar-refractivity contribution in [2.24, 2.45) is 0 Å². The molecule has 0 aliphatic carbocycles. The standard InChI is InChI=1S/C23H28N4O4/c1-17(2)26(16-19-7-5-4-6-8-19)23(29)20-9-10-21(22(15-20)27(30)31)25-13-11-24(12-14-25)18(3)28/h4-10,15,17H,11-14,16H2,1-3H3. The van der Waals surface area contributed by atoms with Gasteiger partial charge < -0.3 is 14.7 Å². The van der Waals surface area contributed by atoms with Gasteiger partial charge in [-0.25, -0.2) is 0 Å². The van der Waals surface area contributed by atoms with Crippen LogP contribution in [-0.2, 0) is 11.3 Å². The van der Waals surface area contributed by atoms with E-state index in [0.717, 1.165) is 5.56 Å². The highest BCUT2D eigenvalue weighted by molar-refractivity contribution is 5.96. The van der Waals surface area contributed by atoms with E-state index in [2.05, 4.69) is 0 Å². The Balaban J connectivity index is 1.84. The molecule has 2 aromatic carbocycles. The summed E-state index contributed by atoms with van der Waals surface area (Å²) in [6, 6.07) is 14.3. The van der Waals surface area contributed by atoms with E-state index in [1.54, 1.807) is 21.9 Å². The van der Waals surface area contributed by atoms with Gasteiger partial charge in [0.05, 0.1) is 4.92 Å². The predicted molar refractivity (Wildman–Crippen MR) is 119 cm³/mol. The molecule has 1 aliphatic rings. The Labute approximate surface area is 182 Å². The third-order valence-corrected chi connectivity index (χ3v) is 5.56. The second kappa shape index (κ2) is 9.59. The summed E-state index contributed by atoms with van der Waals surface area (Å²) in [6.45, 7) is 7.88. The molecule has 0 aromatic heterocycles. The fourth-order valence-corrected chi connectivity index (χ4v) is 3.77. The van der Waals surface area contributed by atoms with Crippen LogP contribution >= 0.6 is 0 Å². The number of nitro benzene ring substituents is 1. The molecule has 0 bridgehead atoms. The molecule has 1 heterocycles. The number of hydrogen-bond acceptors (Lipinski definition) is 5. The number of benzene rings is 2. The number of amides is 2. The van der Waals surface area contributed by atoms with Gasteiger partial charge in [-0.2, -0.15) is 0 Å². The third-order valence-electron chi connectivity index (χ3n) is 5.56. The third kappa shape index (κ3) is 5.20. The molecule has 164 valence electrons. The van der Waals surface area contributed by atoms with Crippen molar-refractivity contribution < 1.29 is 14.5 Å². The quantitative estimate of drug-likeness (QED) is 0.524. The Kier molecular flexibility index (Phi) is 6.89. The van der Waals surface area contributed by atoms with Crippen LogP contribution in [0.1, 0.15) is 36.7 Å². The highest BCUT2D eigenvalue weighted by atomic mass is 16.6. The van der Waals surface area contributed by atoms with Crippen LogP contribution in [0.4, 0.5) is 11.4 Å². The molecule has 0 unspecified atom stereocenters. The molecule has 1 fully saturated rings. The van der Waals surface area contributed by atoms with E-state index in [9.17, 15) is 19.7 Å². The second-order valence-electron chi connectivity index (χ2n) is 7.97. The predicted octanol–water partition coefficient (Wildman–Crippen LogP) is 3.31. The van der Waals surface area contributed by atoms with Crippen molar-refractivity contribution in [2.75, 3.05) is 31.1 Å². The molecule has 31 heavy (non-hydrogen) atoms. The summed E-state index contributed by atoms with van der Waals surface area (Å²) in [7, 11) is 0. The summed E-state index contributed by atoms with van der Waals surface area (Å²) >= 11 is 0. The number of nitro groups is 1.